The van der Waals surface area contributed by atoms with E-state index in [9.17, 15) is 25.0 Å². The second kappa shape index (κ2) is 11.5. The maximum Gasteiger partial charge on any atom is 0.269 e. The second-order valence-corrected chi connectivity index (χ2v) is 10.6. The second-order valence-electron chi connectivity index (χ2n) is 7.58. The number of carbonyl (C=O) groups excluding carboxylic acids is 1. The van der Waals surface area contributed by atoms with Crippen LogP contribution in [-0.2, 0) is 4.79 Å². The Morgan fingerprint density at radius 2 is 1.11 bits per heavy atom. The van der Waals surface area contributed by atoms with Crippen LogP contribution in [0.4, 0.5) is 11.4 Å². The van der Waals surface area contributed by atoms with Gasteiger partial charge in [-0.05, 0) is 24.3 Å². The molecule has 2 aromatic heterocycles. The number of carbonyl (C=O) groups is 1. The van der Waals surface area contributed by atoms with Gasteiger partial charge >= 0.3 is 0 Å². The quantitative estimate of drug-likeness (QED) is 0.103. The van der Waals surface area contributed by atoms with E-state index in [4.69, 9.17) is 0 Å². The Labute approximate surface area is 229 Å². The largest absolute Gasteiger partial charge is 0.298 e. The van der Waals surface area contributed by atoms with Gasteiger partial charge in [-0.2, -0.15) is 0 Å². The highest BCUT2D eigenvalue weighted by molar-refractivity contribution is 9.09. The Morgan fingerprint density at radius 1 is 0.750 bits per heavy atom. The monoisotopic (exact) mass is 650 g/mol. The summed E-state index contributed by atoms with van der Waals surface area (Å²) < 4.78 is 0. The van der Waals surface area contributed by atoms with Crippen molar-refractivity contribution >= 4 is 71.7 Å². The standard InChI is InChI=1S/C23H16Br2N4O5S2/c24-9-17(19-11-35-22(26-19)13-1-5-15(6-2-13)28(31)32)21(30)18(10-25)20-12-36-23(27-20)14-3-7-16(8-4-14)29(33)34/h1-8,11-12,17-18H,9-10H2. The Morgan fingerprint density at radius 3 is 1.42 bits per heavy atom. The molecule has 0 aliphatic heterocycles. The van der Waals surface area contributed by atoms with Crippen LogP contribution in [0.1, 0.15) is 23.2 Å². The number of ketones is 1. The molecule has 0 bridgehead atoms. The number of nitro groups is 2. The molecule has 0 N–H and O–H groups in total. The SMILES string of the molecule is O=C(C(CBr)c1csc(-c2ccc([N+](=O)[O-])cc2)n1)C(CBr)c1csc(-c2ccc([N+](=O)[O-])cc2)n1. The number of hydrogen-bond donors (Lipinski definition) is 0. The molecular weight excluding hydrogens is 636 g/mol. The lowest BCUT2D eigenvalue weighted by atomic mass is 9.91. The van der Waals surface area contributed by atoms with Gasteiger partial charge in [0.15, 0.2) is 5.78 Å². The number of hydrogen-bond acceptors (Lipinski definition) is 9. The van der Waals surface area contributed by atoms with Gasteiger partial charge in [0, 0.05) is 56.8 Å². The Bertz CT molecular complexity index is 1300. The zero-order valence-corrected chi connectivity index (χ0v) is 23.0. The van der Waals surface area contributed by atoms with Gasteiger partial charge in [0.25, 0.3) is 11.4 Å². The van der Waals surface area contributed by atoms with Crippen molar-refractivity contribution < 1.29 is 14.6 Å². The lowest BCUT2D eigenvalue weighted by molar-refractivity contribution is -0.385. The molecule has 2 unspecified atom stereocenters. The molecule has 184 valence electrons. The summed E-state index contributed by atoms with van der Waals surface area (Å²) in [6, 6.07) is 12.3. The van der Waals surface area contributed by atoms with E-state index >= 15 is 0 Å². The molecule has 0 saturated heterocycles. The van der Waals surface area contributed by atoms with E-state index in [1.807, 2.05) is 10.8 Å². The summed E-state index contributed by atoms with van der Waals surface area (Å²) in [5, 5.41) is 27.5. The van der Waals surface area contributed by atoms with Crippen LogP contribution in [0, 0.1) is 20.2 Å². The summed E-state index contributed by atoms with van der Waals surface area (Å²) in [5.41, 5.74) is 2.71. The maximum absolute atomic E-state index is 13.6. The Balaban J connectivity index is 1.55. The molecule has 0 aliphatic carbocycles. The lowest BCUT2D eigenvalue weighted by Crippen LogP contribution is -2.23. The highest BCUT2D eigenvalue weighted by Gasteiger charge is 2.31. The highest BCUT2D eigenvalue weighted by atomic mass is 79.9. The molecule has 0 radical (unpaired) electrons. The van der Waals surface area contributed by atoms with Crippen molar-refractivity contribution in [1.82, 2.24) is 9.97 Å². The number of rotatable bonds is 10. The number of nitrogens with zero attached hydrogens (tertiary/aromatic N) is 4. The van der Waals surface area contributed by atoms with Crippen molar-refractivity contribution in [1.29, 1.82) is 0 Å². The first-order valence-corrected chi connectivity index (χ1v) is 14.4. The molecular formula is C23H16Br2N4O5S2. The minimum atomic E-state index is -0.514. The van der Waals surface area contributed by atoms with E-state index in [2.05, 4.69) is 41.8 Å². The number of alkyl halides is 2. The molecule has 2 heterocycles. The number of aromatic nitrogens is 2. The lowest BCUT2D eigenvalue weighted by Gasteiger charge is -2.17. The molecule has 0 fully saturated rings. The molecule has 4 rings (SSSR count). The first-order valence-electron chi connectivity index (χ1n) is 10.4. The molecule has 0 spiro atoms. The summed E-state index contributed by atoms with van der Waals surface area (Å²) in [6.07, 6.45) is 0. The van der Waals surface area contributed by atoms with Gasteiger partial charge in [-0.25, -0.2) is 9.97 Å². The van der Waals surface area contributed by atoms with E-state index < -0.39 is 21.7 Å². The fourth-order valence-electron chi connectivity index (χ4n) is 3.45. The molecule has 36 heavy (non-hydrogen) atoms. The first kappa shape index (κ1) is 26.2. The van der Waals surface area contributed by atoms with E-state index in [0.29, 0.717) is 32.1 Å². The van der Waals surface area contributed by atoms with Crippen LogP contribution in [0.2, 0.25) is 0 Å². The molecule has 2 aromatic carbocycles. The van der Waals surface area contributed by atoms with Gasteiger partial charge in [0.1, 0.15) is 10.0 Å². The summed E-state index contributed by atoms with van der Waals surface area (Å²) in [7, 11) is 0. The van der Waals surface area contributed by atoms with E-state index in [1.54, 1.807) is 24.3 Å². The smallest absolute Gasteiger partial charge is 0.269 e. The van der Waals surface area contributed by atoms with Crippen LogP contribution < -0.4 is 0 Å². The van der Waals surface area contributed by atoms with Crippen molar-refractivity contribution in [3.8, 4) is 21.1 Å². The van der Waals surface area contributed by atoms with Gasteiger partial charge in [-0.15, -0.1) is 22.7 Å². The van der Waals surface area contributed by atoms with Crippen LogP contribution in [0.15, 0.2) is 59.3 Å². The van der Waals surface area contributed by atoms with Crippen molar-refractivity contribution in [2.24, 2.45) is 0 Å². The third kappa shape index (κ3) is 5.59. The van der Waals surface area contributed by atoms with Gasteiger partial charge in [-0.1, -0.05) is 31.9 Å². The van der Waals surface area contributed by atoms with Gasteiger partial charge in [0.2, 0.25) is 0 Å². The number of halogens is 2. The normalized spacial score (nSPS) is 12.7. The zero-order chi connectivity index (χ0) is 25.8. The van der Waals surface area contributed by atoms with E-state index in [0.717, 1.165) is 11.1 Å². The number of nitro benzene ring substituents is 2. The molecule has 4 aromatic rings. The molecule has 13 heteroatoms. The predicted octanol–water partition coefficient (Wildman–Crippen LogP) is 6.98. The first-order chi connectivity index (χ1) is 17.3. The van der Waals surface area contributed by atoms with Crippen molar-refractivity contribution in [3.05, 3.63) is 90.9 Å². The van der Waals surface area contributed by atoms with Crippen molar-refractivity contribution in [2.75, 3.05) is 10.7 Å². The fourth-order valence-corrected chi connectivity index (χ4v) is 6.51. The predicted molar refractivity (Wildman–Crippen MR) is 146 cm³/mol. The topological polar surface area (TPSA) is 129 Å². The number of non-ortho nitro benzene ring substituents is 2. The maximum atomic E-state index is 13.6. The van der Waals surface area contributed by atoms with Crippen LogP contribution >= 0.6 is 54.5 Å². The third-order valence-electron chi connectivity index (χ3n) is 5.40. The molecule has 9 nitrogen and oxygen atoms in total. The molecule has 0 amide bonds. The third-order valence-corrected chi connectivity index (χ3v) is 8.52. The summed E-state index contributed by atoms with van der Waals surface area (Å²) in [4.78, 5) is 43.7. The van der Waals surface area contributed by atoms with Crippen LogP contribution in [-0.4, -0.2) is 36.3 Å². The summed E-state index contributed by atoms with van der Waals surface area (Å²) in [5.74, 6) is -1.08. The van der Waals surface area contributed by atoms with Crippen molar-refractivity contribution in [3.63, 3.8) is 0 Å². The van der Waals surface area contributed by atoms with Gasteiger partial charge < -0.3 is 0 Å². The summed E-state index contributed by atoms with van der Waals surface area (Å²) >= 11 is 9.65. The van der Waals surface area contributed by atoms with Crippen LogP contribution in [0.25, 0.3) is 21.1 Å². The van der Waals surface area contributed by atoms with E-state index in [1.165, 1.54) is 46.9 Å². The zero-order valence-electron chi connectivity index (χ0n) is 18.2. The number of thiazole rings is 2. The highest BCUT2D eigenvalue weighted by Crippen LogP contribution is 2.35. The van der Waals surface area contributed by atoms with Gasteiger partial charge in [0.05, 0.1) is 33.1 Å². The molecule has 0 aliphatic rings. The van der Waals surface area contributed by atoms with Crippen molar-refractivity contribution in [2.45, 2.75) is 11.8 Å². The van der Waals surface area contributed by atoms with Crippen LogP contribution in [0.3, 0.4) is 0 Å². The Hall–Kier alpha value is -2.87. The number of Topliss-reactive ketones (excluding diaryl/α,β-unsaturated/α-hetero) is 1. The fraction of sp³-hybridized carbons (Fsp3) is 0.174. The van der Waals surface area contributed by atoms with E-state index in [-0.39, 0.29) is 17.2 Å². The average molecular weight is 652 g/mol. The molecule has 2 atom stereocenters. The van der Waals surface area contributed by atoms with Gasteiger partial charge in [-0.3, -0.25) is 25.0 Å². The average Bonchev–Trinajstić information content (AvgIpc) is 3.56. The summed E-state index contributed by atoms with van der Waals surface area (Å²) in [6.45, 7) is 0. The molecule has 0 saturated carbocycles. The minimum Gasteiger partial charge on any atom is -0.298 e. The van der Waals surface area contributed by atoms with Crippen LogP contribution in [0.5, 0.6) is 0 Å². The number of benzene rings is 2. The minimum absolute atomic E-state index is 0.000521. The Kier molecular flexibility index (Phi) is 8.34.